The Bertz CT molecular complexity index is 842. The second-order valence-corrected chi connectivity index (χ2v) is 8.09. The molecule has 0 saturated heterocycles. The average molecular weight is 437 g/mol. The molecule has 0 amide bonds. The van der Waals surface area contributed by atoms with E-state index in [-0.39, 0.29) is 5.57 Å². The van der Waals surface area contributed by atoms with E-state index in [4.69, 9.17) is 9.84 Å². The predicted molar refractivity (Wildman–Crippen MR) is 130 cm³/mol. The van der Waals surface area contributed by atoms with E-state index in [1.54, 1.807) is 0 Å². The van der Waals surface area contributed by atoms with Crippen molar-refractivity contribution in [2.75, 3.05) is 6.61 Å². The Labute approximate surface area is 192 Å². The Morgan fingerprint density at radius 3 is 2.06 bits per heavy atom. The number of benzene rings is 2. The number of unbranched alkanes of at least 4 members (excludes halogenated alkanes) is 6. The highest BCUT2D eigenvalue weighted by Crippen LogP contribution is 2.22. The Morgan fingerprint density at radius 1 is 0.844 bits per heavy atom. The van der Waals surface area contributed by atoms with Gasteiger partial charge in [0.05, 0.1) is 18.0 Å². The van der Waals surface area contributed by atoms with Crippen molar-refractivity contribution in [2.45, 2.75) is 71.1 Å². The van der Waals surface area contributed by atoms with Crippen molar-refractivity contribution < 1.29 is 14.6 Å². The first-order valence-electron chi connectivity index (χ1n) is 11.7. The Balaban J connectivity index is 1.65. The summed E-state index contributed by atoms with van der Waals surface area (Å²) < 4.78 is 5.77. The first kappa shape index (κ1) is 25.3. The minimum absolute atomic E-state index is 0.285. The lowest BCUT2D eigenvalue weighted by molar-refractivity contribution is -0.132. The predicted octanol–water partition coefficient (Wildman–Crippen LogP) is 8.19. The molecule has 0 saturated carbocycles. The minimum atomic E-state index is -0.901. The molecule has 0 unspecified atom stereocenters. The molecule has 2 rings (SSSR count). The maximum absolute atomic E-state index is 10.7. The van der Waals surface area contributed by atoms with Crippen LogP contribution in [-0.2, 0) is 11.2 Å². The van der Waals surface area contributed by atoms with E-state index < -0.39 is 5.97 Å². The molecule has 0 aliphatic carbocycles. The summed E-state index contributed by atoms with van der Waals surface area (Å²) in [6.07, 6.45) is 10.6. The van der Waals surface area contributed by atoms with Gasteiger partial charge in [-0.05, 0) is 74.1 Å². The molecule has 0 fully saturated rings. The van der Waals surface area contributed by atoms with Crippen LogP contribution in [0.15, 0.2) is 70.9 Å². The van der Waals surface area contributed by atoms with Gasteiger partial charge in [-0.1, -0.05) is 57.7 Å². The Morgan fingerprint density at radius 2 is 1.44 bits per heavy atom. The zero-order valence-electron chi connectivity index (χ0n) is 19.3. The van der Waals surface area contributed by atoms with Gasteiger partial charge in [0.25, 0.3) is 0 Å². The lowest BCUT2D eigenvalue weighted by atomic mass is 10.1. The molecule has 172 valence electrons. The number of carboxylic acid groups (broad SMARTS) is 1. The van der Waals surface area contributed by atoms with Crippen LogP contribution in [0.4, 0.5) is 11.4 Å². The van der Waals surface area contributed by atoms with E-state index in [9.17, 15) is 4.79 Å². The molecule has 5 nitrogen and oxygen atoms in total. The number of aliphatic carboxylic acids is 1. The van der Waals surface area contributed by atoms with Gasteiger partial charge in [-0.15, -0.1) is 0 Å². The quantitative estimate of drug-likeness (QED) is 0.164. The van der Waals surface area contributed by atoms with Gasteiger partial charge in [-0.3, -0.25) is 0 Å². The highest BCUT2D eigenvalue weighted by atomic mass is 16.5. The van der Waals surface area contributed by atoms with Crippen molar-refractivity contribution in [3.8, 4) is 5.75 Å². The fourth-order valence-electron chi connectivity index (χ4n) is 3.30. The van der Waals surface area contributed by atoms with Crippen LogP contribution in [-0.4, -0.2) is 17.7 Å². The largest absolute Gasteiger partial charge is 0.494 e. The number of rotatable bonds is 16. The molecule has 32 heavy (non-hydrogen) atoms. The van der Waals surface area contributed by atoms with Gasteiger partial charge in [0.1, 0.15) is 5.75 Å². The minimum Gasteiger partial charge on any atom is -0.494 e. The van der Waals surface area contributed by atoms with Crippen LogP contribution in [0, 0.1) is 0 Å². The summed E-state index contributed by atoms with van der Waals surface area (Å²) in [7, 11) is 0. The van der Waals surface area contributed by atoms with Crippen molar-refractivity contribution in [1.82, 2.24) is 0 Å². The number of carboxylic acids is 1. The molecule has 0 aliphatic heterocycles. The van der Waals surface area contributed by atoms with E-state index in [2.05, 4.69) is 35.9 Å². The van der Waals surface area contributed by atoms with Crippen LogP contribution in [0.1, 0.15) is 70.3 Å². The van der Waals surface area contributed by atoms with E-state index in [1.165, 1.54) is 31.2 Å². The van der Waals surface area contributed by atoms with Crippen molar-refractivity contribution in [3.63, 3.8) is 0 Å². The molecule has 0 atom stereocenters. The van der Waals surface area contributed by atoms with Gasteiger partial charge >= 0.3 is 5.97 Å². The molecule has 2 aromatic rings. The Kier molecular flexibility index (Phi) is 11.8. The third-order valence-corrected chi connectivity index (χ3v) is 5.32. The number of hydrogen-bond donors (Lipinski definition) is 1. The van der Waals surface area contributed by atoms with Crippen molar-refractivity contribution in [1.29, 1.82) is 0 Å². The zero-order chi connectivity index (χ0) is 23.0. The topological polar surface area (TPSA) is 71.2 Å². The third kappa shape index (κ3) is 10.4. The molecule has 0 spiro atoms. The molecule has 0 aromatic heterocycles. The first-order chi connectivity index (χ1) is 15.6. The second kappa shape index (κ2) is 15.0. The highest BCUT2D eigenvalue weighted by Gasteiger charge is 2.03. The third-order valence-electron chi connectivity index (χ3n) is 5.32. The van der Waals surface area contributed by atoms with E-state index in [0.717, 1.165) is 49.2 Å². The summed E-state index contributed by atoms with van der Waals surface area (Å²) in [6.45, 7) is 6.42. The number of aryl methyl sites for hydroxylation is 1. The summed E-state index contributed by atoms with van der Waals surface area (Å²) in [5.74, 6) is -0.0852. The molecular formula is C27H36N2O3. The molecular weight excluding hydrogens is 400 g/mol. The summed E-state index contributed by atoms with van der Waals surface area (Å²) in [5, 5.41) is 17.4. The van der Waals surface area contributed by atoms with E-state index in [1.807, 2.05) is 36.4 Å². The number of carbonyl (C=O) groups is 1. The van der Waals surface area contributed by atoms with Gasteiger partial charge < -0.3 is 9.84 Å². The SMILES string of the molecule is C=C(CCCCCCOc1ccc(/N=N/c2ccc(CCCCCC)cc2)cc1)C(=O)O. The first-order valence-corrected chi connectivity index (χ1v) is 11.7. The number of nitrogens with zero attached hydrogens (tertiary/aromatic N) is 2. The highest BCUT2D eigenvalue weighted by molar-refractivity contribution is 5.85. The van der Waals surface area contributed by atoms with E-state index in [0.29, 0.717) is 13.0 Å². The molecule has 2 aromatic carbocycles. The van der Waals surface area contributed by atoms with Crippen LogP contribution in [0.25, 0.3) is 0 Å². The zero-order valence-corrected chi connectivity index (χ0v) is 19.3. The van der Waals surface area contributed by atoms with E-state index >= 15 is 0 Å². The monoisotopic (exact) mass is 436 g/mol. The van der Waals surface area contributed by atoms with Gasteiger partial charge in [0, 0.05) is 5.57 Å². The molecule has 0 heterocycles. The molecule has 1 N–H and O–H groups in total. The maximum atomic E-state index is 10.7. The lowest BCUT2D eigenvalue weighted by Gasteiger charge is -2.06. The fourth-order valence-corrected chi connectivity index (χ4v) is 3.30. The van der Waals surface area contributed by atoms with Gasteiger partial charge in [-0.25, -0.2) is 4.79 Å². The fraction of sp³-hybridized carbons (Fsp3) is 0.444. The second-order valence-electron chi connectivity index (χ2n) is 8.09. The maximum Gasteiger partial charge on any atom is 0.330 e. The van der Waals surface area contributed by atoms with Crippen LogP contribution in [0.3, 0.4) is 0 Å². The standard InChI is InChI=1S/C27H36N2O3/c1-3-4-5-9-12-23-13-15-24(16-14-23)28-29-25-17-19-26(20-18-25)32-21-10-7-6-8-11-22(2)27(30)31/h13-20H,2-12,21H2,1H3,(H,30,31)/b29-28+. The average Bonchev–Trinajstić information content (AvgIpc) is 2.81. The lowest BCUT2D eigenvalue weighted by Crippen LogP contribution is -1.99. The summed E-state index contributed by atoms with van der Waals surface area (Å²) in [6, 6.07) is 15.9. The van der Waals surface area contributed by atoms with Crippen molar-refractivity contribution in [2.24, 2.45) is 10.2 Å². The summed E-state index contributed by atoms with van der Waals surface area (Å²) >= 11 is 0. The smallest absolute Gasteiger partial charge is 0.330 e. The van der Waals surface area contributed by atoms with Crippen molar-refractivity contribution >= 4 is 17.3 Å². The molecule has 0 radical (unpaired) electrons. The number of ether oxygens (including phenoxy) is 1. The number of hydrogen-bond acceptors (Lipinski definition) is 4. The molecule has 5 heteroatoms. The summed E-state index contributed by atoms with van der Waals surface area (Å²) in [5.41, 5.74) is 3.29. The van der Waals surface area contributed by atoms with Gasteiger partial charge in [0.15, 0.2) is 0 Å². The van der Waals surface area contributed by atoms with Gasteiger partial charge in [0.2, 0.25) is 0 Å². The van der Waals surface area contributed by atoms with Gasteiger partial charge in [-0.2, -0.15) is 10.2 Å². The van der Waals surface area contributed by atoms with Crippen molar-refractivity contribution in [3.05, 3.63) is 66.2 Å². The molecule has 0 aliphatic rings. The van der Waals surface area contributed by atoms with Crippen LogP contribution in [0.2, 0.25) is 0 Å². The number of azo groups is 1. The van der Waals surface area contributed by atoms with Crippen LogP contribution >= 0.6 is 0 Å². The normalized spacial score (nSPS) is 11.0. The van der Waals surface area contributed by atoms with Crippen LogP contribution < -0.4 is 4.74 Å². The Hall–Kier alpha value is -2.95. The molecule has 0 bridgehead atoms. The van der Waals surface area contributed by atoms with Crippen LogP contribution in [0.5, 0.6) is 5.75 Å². The summed E-state index contributed by atoms with van der Waals surface area (Å²) in [4.78, 5) is 10.7.